The number of rotatable bonds is 9. The van der Waals surface area contributed by atoms with Crippen LogP contribution in [0.25, 0.3) is 0 Å². The van der Waals surface area contributed by atoms with Crippen molar-refractivity contribution in [3.63, 3.8) is 0 Å². The SMILES string of the molecule is CCOC(=O)c1sc(C(C)NC(=NC)NCCCc2ccc(OC)cc2)nc1C. The summed E-state index contributed by atoms with van der Waals surface area (Å²) < 4.78 is 10.3. The highest BCUT2D eigenvalue weighted by Gasteiger charge is 2.20. The van der Waals surface area contributed by atoms with Crippen molar-refractivity contribution < 1.29 is 14.3 Å². The molecule has 0 amide bonds. The maximum Gasteiger partial charge on any atom is 0.350 e. The summed E-state index contributed by atoms with van der Waals surface area (Å²) in [6.07, 6.45) is 1.95. The number of ether oxygens (including phenoxy) is 2. The largest absolute Gasteiger partial charge is 0.497 e. The number of esters is 1. The Morgan fingerprint density at radius 2 is 2.03 bits per heavy atom. The van der Waals surface area contributed by atoms with Crippen LogP contribution in [0.3, 0.4) is 0 Å². The van der Waals surface area contributed by atoms with E-state index in [2.05, 4.69) is 32.7 Å². The van der Waals surface area contributed by atoms with Crippen molar-refractivity contribution >= 4 is 23.3 Å². The van der Waals surface area contributed by atoms with E-state index in [1.165, 1.54) is 16.9 Å². The molecule has 158 valence electrons. The van der Waals surface area contributed by atoms with Crippen molar-refractivity contribution in [2.75, 3.05) is 27.3 Å². The van der Waals surface area contributed by atoms with Crippen LogP contribution in [0.1, 0.15) is 52.2 Å². The first kappa shape index (κ1) is 22.7. The minimum Gasteiger partial charge on any atom is -0.497 e. The van der Waals surface area contributed by atoms with Gasteiger partial charge < -0.3 is 20.1 Å². The Balaban J connectivity index is 1.83. The fraction of sp³-hybridized carbons (Fsp3) is 0.476. The Bertz CT molecular complexity index is 818. The molecule has 1 unspecified atom stereocenters. The minimum atomic E-state index is -0.318. The van der Waals surface area contributed by atoms with E-state index in [9.17, 15) is 4.79 Å². The Hall–Kier alpha value is -2.61. The lowest BCUT2D eigenvalue weighted by molar-refractivity contribution is 0.0531. The summed E-state index contributed by atoms with van der Waals surface area (Å²) in [5.41, 5.74) is 1.97. The number of guanidine groups is 1. The van der Waals surface area contributed by atoms with Gasteiger partial charge in [0.15, 0.2) is 5.96 Å². The van der Waals surface area contributed by atoms with E-state index in [0.717, 1.165) is 30.1 Å². The molecule has 0 aliphatic carbocycles. The van der Waals surface area contributed by atoms with E-state index in [1.807, 2.05) is 26.0 Å². The number of carbonyl (C=O) groups is 1. The lowest BCUT2D eigenvalue weighted by atomic mass is 10.1. The minimum absolute atomic E-state index is 0.0744. The summed E-state index contributed by atoms with van der Waals surface area (Å²) in [5, 5.41) is 7.48. The number of hydrogen-bond donors (Lipinski definition) is 2. The van der Waals surface area contributed by atoms with Gasteiger partial charge in [-0.2, -0.15) is 0 Å². The number of aliphatic imine (C=N–C) groups is 1. The van der Waals surface area contributed by atoms with Crippen LogP contribution in [0, 0.1) is 6.92 Å². The van der Waals surface area contributed by atoms with Crippen molar-refractivity contribution in [3.05, 3.63) is 45.4 Å². The fourth-order valence-corrected chi connectivity index (χ4v) is 3.70. The van der Waals surface area contributed by atoms with Gasteiger partial charge >= 0.3 is 5.97 Å². The summed E-state index contributed by atoms with van der Waals surface area (Å²) in [6, 6.07) is 8.05. The summed E-state index contributed by atoms with van der Waals surface area (Å²) in [6.45, 7) is 6.77. The summed E-state index contributed by atoms with van der Waals surface area (Å²) in [4.78, 5) is 21.3. The molecule has 0 saturated heterocycles. The number of hydrogen-bond acceptors (Lipinski definition) is 6. The molecule has 1 aromatic carbocycles. The zero-order chi connectivity index (χ0) is 21.2. The van der Waals surface area contributed by atoms with Crippen molar-refractivity contribution in [3.8, 4) is 5.75 Å². The quantitative estimate of drug-likeness (QED) is 0.281. The van der Waals surface area contributed by atoms with Crippen LogP contribution in [0.15, 0.2) is 29.3 Å². The van der Waals surface area contributed by atoms with Gasteiger partial charge in [0, 0.05) is 13.6 Å². The molecule has 7 nitrogen and oxygen atoms in total. The Labute approximate surface area is 176 Å². The van der Waals surface area contributed by atoms with Gasteiger partial charge in [-0.3, -0.25) is 4.99 Å². The molecule has 1 aromatic heterocycles. The van der Waals surface area contributed by atoms with E-state index in [-0.39, 0.29) is 12.0 Å². The molecule has 0 aliphatic heterocycles. The van der Waals surface area contributed by atoms with Crippen molar-refractivity contribution in [1.29, 1.82) is 0 Å². The number of thiazole rings is 1. The second-order valence-corrected chi connectivity index (χ2v) is 7.53. The maximum absolute atomic E-state index is 12.0. The van der Waals surface area contributed by atoms with E-state index in [0.29, 0.717) is 23.1 Å². The monoisotopic (exact) mass is 418 g/mol. The highest BCUT2D eigenvalue weighted by Crippen LogP contribution is 2.24. The van der Waals surface area contributed by atoms with E-state index in [4.69, 9.17) is 9.47 Å². The number of methoxy groups -OCH3 is 1. The number of carbonyl (C=O) groups excluding carboxylic acids is 1. The predicted octanol–water partition coefficient (Wildman–Crippen LogP) is 3.50. The molecule has 0 aliphatic rings. The van der Waals surface area contributed by atoms with Gasteiger partial charge in [-0.05, 0) is 51.3 Å². The molecule has 8 heteroatoms. The smallest absolute Gasteiger partial charge is 0.350 e. The first-order chi connectivity index (χ1) is 14.0. The molecule has 0 fully saturated rings. The predicted molar refractivity (Wildman–Crippen MR) is 117 cm³/mol. The van der Waals surface area contributed by atoms with Crippen LogP contribution in [0.2, 0.25) is 0 Å². The average molecular weight is 419 g/mol. The molecule has 0 saturated carbocycles. The van der Waals surface area contributed by atoms with Gasteiger partial charge in [-0.15, -0.1) is 11.3 Å². The third-order valence-corrected chi connectivity index (χ3v) is 5.64. The topological polar surface area (TPSA) is 84.8 Å². The number of nitrogens with one attached hydrogen (secondary N) is 2. The molecule has 1 atom stereocenters. The van der Waals surface area contributed by atoms with Crippen LogP contribution in [0.4, 0.5) is 0 Å². The molecule has 29 heavy (non-hydrogen) atoms. The zero-order valence-electron chi connectivity index (χ0n) is 17.7. The molecule has 0 bridgehead atoms. The Morgan fingerprint density at radius 1 is 1.31 bits per heavy atom. The van der Waals surface area contributed by atoms with Crippen LogP contribution in [-0.4, -0.2) is 44.2 Å². The van der Waals surface area contributed by atoms with Gasteiger partial charge in [0.05, 0.1) is 25.5 Å². The number of aromatic nitrogens is 1. The van der Waals surface area contributed by atoms with Crippen molar-refractivity contribution in [2.24, 2.45) is 4.99 Å². The average Bonchev–Trinajstić information content (AvgIpc) is 3.12. The summed E-state index contributed by atoms with van der Waals surface area (Å²) in [5.74, 6) is 1.26. The third kappa shape index (κ3) is 6.74. The standard InChI is InChI=1S/C21H30N4O3S/c1-6-28-20(26)18-14(2)24-19(29-18)15(3)25-21(22-4)23-13-7-8-16-9-11-17(27-5)12-10-16/h9-12,15H,6-8,13H2,1-5H3,(H2,22,23,25). The highest BCUT2D eigenvalue weighted by atomic mass is 32.1. The molecule has 0 radical (unpaired) electrons. The number of benzene rings is 1. The number of nitrogens with zero attached hydrogens (tertiary/aromatic N) is 2. The van der Waals surface area contributed by atoms with Gasteiger partial charge in [0.1, 0.15) is 15.6 Å². The lowest BCUT2D eigenvalue weighted by Gasteiger charge is -2.16. The van der Waals surface area contributed by atoms with E-state index in [1.54, 1.807) is 21.1 Å². The van der Waals surface area contributed by atoms with Crippen LogP contribution < -0.4 is 15.4 Å². The first-order valence-electron chi connectivity index (χ1n) is 9.73. The lowest BCUT2D eigenvalue weighted by Crippen LogP contribution is -2.39. The van der Waals surface area contributed by atoms with Crippen LogP contribution >= 0.6 is 11.3 Å². The Kier molecular flexibility index (Phi) is 8.92. The normalized spacial score (nSPS) is 12.4. The molecule has 2 rings (SSSR count). The first-order valence-corrected chi connectivity index (χ1v) is 10.5. The molecular formula is C21H30N4O3S. The zero-order valence-corrected chi connectivity index (χ0v) is 18.6. The molecule has 1 heterocycles. The third-order valence-electron chi connectivity index (χ3n) is 4.31. The van der Waals surface area contributed by atoms with Crippen LogP contribution in [0.5, 0.6) is 5.75 Å². The van der Waals surface area contributed by atoms with Gasteiger partial charge in [0.25, 0.3) is 0 Å². The van der Waals surface area contributed by atoms with Crippen molar-refractivity contribution in [2.45, 2.75) is 39.7 Å². The molecular weight excluding hydrogens is 388 g/mol. The fourth-order valence-electron chi connectivity index (χ4n) is 2.74. The van der Waals surface area contributed by atoms with E-state index < -0.39 is 0 Å². The highest BCUT2D eigenvalue weighted by molar-refractivity contribution is 7.13. The van der Waals surface area contributed by atoms with Gasteiger partial charge in [0.2, 0.25) is 0 Å². The molecule has 0 spiro atoms. The van der Waals surface area contributed by atoms with Gasteiger partial charge in [-0.25, -0.2) is 9.78 Å². The van der Waals surface area contributed by atoms with Crippen LogP contribution in [-0.2, 0) is 11.2 Å². The maximum atomic E-state index is 12.0. The van der Waals surface area contributed by atoms with Crippen molar-refractivity contribution in [1.82, 2.24) is 15.6 Å². The molecule has 2 aromatic rings. The molecule has 2 N–H and O–H groups in total. The summed E-state index contributed by atoms with van der Waals surface area (Å²) >= 11 is 1.36. The second kappa shape index (κ2) is 11.4. The van der Waals surface area contributed by atoms with Gasteiger partial charge in [-0.1, -0.05) is 12.1 Å². The second-order valence-electron chi connectivity index (χ2n) is 6.50. The van der Waals surface area contributed by atoms with E-state index >= 15 is 0 Å². The Morgan fingerprint density at radius 3 is 2.66 bits per heavy atom. The number of aryl methyl sites for hydroxylation is 2. The summed E-state index contributed by atoms with van der Waals surface area (Å²) in [7, 11) is 3.41.